The molecule has 2 N–H and O–H groups in total. The number of carbonyl (C=O) groups is 2. The summed E-state index contributed by atoms with van der Waals surface area (Å²) in [4.78, 5) is 28.0. The summed E-state index contributed by atoms with van der Waals surface area (Å²) < 4.78 is 13.3. The van der Waals surface area contributed by atoms with Crippen LogP contribution in [0.3, 0.4) is 0 Å². The van der Waals surface area contributed by atoms with Gasteiger partial charge in [0.2, 0.25) is 5.91 Å². The SMILES string of the molecule is CC(=O)N[C@@H](C)C1CCC(NC(=O)c2ccc(-c3cccc(F)c3)nc2)CC1. The molecule has 6 heteroatoms. The zero-order chi connectivity index (χ0) is 20.1. The Kier molecular flexibility index (Phi) is 6.39. The van der Waals surface area contributed by atoms with Gasteiger partial charge < -0.3 is 10.6 Å². The number of amides is 2. The van der Waals surface area contributed by atoms with Crippen LogP contribution in [0.25, 0.3) is 11.3 Å². The first-order chi connectivity index (χ1) is 13.4. The van der Waals surface area contributed by atoms with Gasteiger partial charge in [-0.15, -0.1) is 0 Å². The highest BCUT2D eigenvalue weighted by Gasteiger charge is 2.26. The molecule has 2 amide bonds. The van der Waals surface area contributed by atoms with Crippen molar-refractivity contribution in [2.45, 2.75) is 51.6 Å². The van der Waals surface area contributed by atoms with Gasteiger partial charge in [-0.25, -0.2) is 4.39 Å². The van der Waals surface area contributed by atoms with Crippen LogP contribution in [0, 0.1) is 11.7 Å². The highest BCUT2D eigenvalue weighted by Crippen LogP contribution is 2.27. The average molecular weight is 383 g/mol. The Labute approximate surface area is 164 Å². The second-order valence-corrected chi connectivity index (χ2v) is 7.52. The Balaban J connectivity index is 1.53. The Hall–Kier alpha value is -2.76. The van der Waals surface area contributed by atoms with Crippen LogP contribution < -0.4 is 10.6 Å². The van der Waals surface area contributed by atoms with Gasteiger partial charge in [-0.05, 0) is 62.8 Å². The van der Waals surface area contributed by atoms with Crippen molar-refractivity contribution in [3.8, 4) is 11.3 Å². The Morgan fingerprint density at radius 3 is 2.50 bits per heavy atom. The van der Waals surface area contributed by atoms with E-state index in [1.165, 1.54) is 25.3 Å². The Morgan fingerprint density at radius 2 is 1.89 bits per heavy atom. The highest BCUT2D eigenvalue weighted by atomic mass is 19.1. The third-order valence-electron chi connectivity index (χ3n) is 5.39. The molecule has 0 saturated heterocycles. The molecule has 1 saturated carbocycles. The summed E-state index contributed by atoms with van der Waals surface area (Å²) >= 11 is 0. The maximum Gasteiger partial charge on any atom is 0.253 e. The molecule has 1 aromatic heterocycles. The van der Waals surface area contributed by atoms with E-state index in [2.05, 4.69) is 15.6 Å². The Morgan fingerprint density at radius 1 is 1.14 bits per heavy atom. The number of nitrogens with one attached hydrogen (secondary N) is 2. The number of hydrogen-bond donors (Lipinski definition) is 2. The molecule has 1 aliphatic rings. The van der Waals surface area contributed by atoms with Crippen molar-refractivity contribution in [2.75, 3.05) is 0 Å². The van der Waals surface area contributed by atoms with Gasteiger partial charge in [0.1, 0.15) is 5.82 Å². The predicted molar refractivity (Wildman–Crippen MR) is 106 cm³/mol. The molecule has 1 heterocycles. The number of pyridine rings is 1. The Bertz CT molecular complexity index is 830. The first kappa shape index (κ1) is 20.0. The minimum atomic E-state index is -0.315. The van der Waals surface area contributed by atoms with Gasteiger partial charge >= 0.3 is 0 Å². The lowest BCUT2D eigenvalue weighted by Gasteiger charge is -2.32. The molecular weight excluding hydrogens is 357 g/mol. The molecule has 0 spiro atoms. The summed E-state index contributed by atoms with van der Waals surface area (Å²) in [5.74, 6) is -0.0115. The van der Waals surface area contributed by atoms with E-state index in [1.807, 2.05) is 6.92 Å². The third kappa shape index (κ3) is 5.15. The predicted octanol–water partition coefficient (Wildman–Crippen LogP) is 3.70. The number of nitrogens with zero attached hydrogens (tertiary/aromatic N) is 1. The number of rotatable bonds is 5. The summed E-state index contributed by atoms with van der Waals surface area (Å²) in [7, 11) is 0. The maximum atomic E-state index is 13.3. The van der Waals surface area contributed by atoms with Crippen LogP contribution in [0.4, 0.5) is 4.39 Å². The summed E-state index contributed by atoms with van der Waals surface area (Å²) in [6, 6.07) is 9.97. The van der Waals surface area contributed by atoms with Crippen molar-refractivity contribution in [1.82, 2.24) is 15.6 Å². The molecule has 3 rings (SSSR count). The molecule has 28 heavy (non-hydrogen) atoms. The van der Waals surface area contributed by atoms with E-state index in [1.54, 1.807) is 24.3 Å². The molecule has 0 unspecified atom stereocenters. The minimum Gasteiger partial charge on any atom is -0.354 e. The maximum absolute atomic E-state index is 13.3. The second kappa shape index (κ2) is 8.95. The fourth-order valence-electron chi connectivity index (χ4n) is 3.82. The second-order valence-electron chi connectivity index (χ2n) is 7.52. The van der Waals surface area contributed by atoms with Crippen molar-refractivity contribution >= 4 is 11.8 Å². The monoisotopic (exact) mass is 383 g/mol. The number of halogens is 1. The van der Waals surface area contributed by atoms with Crippen LogP contribution in [0.1, 0.15) is 49.9 Å². The fourth-order valence-corrected chi connectivity index (χ4v) is 3.82. The number of aromatic nitrogens is 1. The van der Waals surface area contributed by atoms with E-state index >= 15 is 0 Å². The normalized spacial score (nSPS) is 20.2. The van der Waals surface area contributed by atoms with Crippen LogP contribution in [-0.2, 0) is 4.79 Å². The van der Waals surface area contributed by atoms with Crippen LogP contribution >= 0.6 is 0 Å². The first-order valence-electron chi connectivity index (χ1n) is 9.72. The summed E-state index contributed by atoms with van der Waals surface area (Å²) in [5.41, 5.74) is 1.80. The van der Waals surface area contributed by atoms with Crippen molar-refractivity contribution < 1.29 is 14.0 Å². The molecule has 5 nitrogen and oxygen atoms in total. The smallest absolute Gasteiger partial charge is 0.253 e. The first-order valence-corrected chi connectivity index (χ1v) is 9.72. The molecule has 148 valence electrons. The van der Waals surface area contributed by atoms with Crippen LogP contribution in [0.2, 0.25) is 0 Å². The van der Waals surface area contributed by atoms with Gasteiger partial charge in [-0.2, -0.15) is 0 Å². The van der Waals surface area contributed by atoms with E-state index in [0.29, 0.717) is 22.7 Å². The zero-order valence-electron chi connectivity index (χ0n) is 16.2. The van der Waals surface area contributed by atoms with Crippen LogP contribution in [0.15, 0.2) is 42.6 Å². The standard InChI is InChI=1S/C22H26FN3O2/c1-14(25-15(2)27)16-6-9-20(10-7-16)26-22(28)18-8-11-21(24-13-18)17-4-3-5-19(23)12-17/h3-5,8,11-14,16,20H,6-7,9-10H2,1-2H3,(H,25,27)(H,26,28)/t14-,16?,20?/m0/s1. The van der Waals surface area contributed by atoms with E-state index in [0.717, 1.165) is 25.7 Å². The lowest BCUT2D eigenvalue weighted by atomic mass is 9.82. The molecule has 0 aliphatic heterocycles. The number of carbonyl (C=O) groups excluding carboxylic acids is 2. The lowest BCUT2D eigenvalue weighted by molar-refractivity contribution is -0.120. The molecule has 1 atom stereocenters. The highest BCUT2D eigenvalue weighted by molar-refractivity contribution is 5.94. The average Bonchev–Trinajstić information content (AvgIpc) is 2.68. The minimum absolute atomic E-state index is 0.00267. The van der Waals surface area contributed by atoms with Gasteiger partial charge in [-0.1, -0.05) is 12.1 Å². The van der Waals surface area contributed by atoms with Crippen molar-refractivity contribution in [1.29, 1.82) is 0 Å². The molecule has 1 aromatic carbocycles. The lowest BCUT2D eigenvalue weighted by Crippen LogP contribution is -2.42. The topological polar surface area (TPSA) is 71.1 Å². The number of benzene rings is 1. The van der Waals surface area contributed by atoms with Crippen LogP contribution in [-0.4, -0.2) is 28.9 Å². The molecule has 2 aromatic rings. The third-order valence-corrected chi connectivity index (χ3v) is 5.39. The van der Waals surface area contributed by atoms with Crippen LogP contribution in [0.5, 0.6) is 0 Å². The van der Waals surface area contributed by atoms with E-state index in [-0.39, 0.29) is 29.7 Å². The van der Waals surface area contributed by atoms with Crippen molar-refractivity contribution in [3.05, 3.63) is 54.0 Å². The van der Waals surface area contributed by atoms with Gasteiger partial charge in [0, 0.05) is 30.8 Å². The van der Waals surface area contributed by atoms with Gasteiger partial charge in [0.05, 0.1) is 11.3 Å². The summed E-state index contributed by atoms with van der Waals surface area (Å²) in [6.07, 6.45) is 5.27. The van der Waals surface area contributed by atoms with Crippen molar-refractivity contribution in [2.24, 2.45) is 5.92 Å². The zero-order valence-corrected chi connectivity index (χ0v) is 16.2. The molecule has 1 fully saturated rings. The quantitative estimate of drug-likeness (QED) is 0.827. The van der Waals surface area contributed by atoms with Gasteiger partial charge in [0.25, 0.3) is 5.91 Å². The number of hydrogen-bond acceptors (Lipinski definition) is 3. The van der Waals surface area contributed by atoms with Gasteiger partial charge in [0.15, 0.2) is 0 Å². The van der Waals surface area contributed by atoms with E-state index < -0.39 is 0 Å². The molecule has 0 radical (unpaired) electrons. The molecule has 1 aliphatic carbocycles. The summed E-state index contributed by atoms with van der Waals surface area (Å²) in [6.45, 7) is 3.58. The molecular formula is C22H26FN3O2. The van der Waals surface area contributed by atoms with E-state index in [9.17, 15) is 14.0 Å². The van der Waals surface area contributed by atoms with Gasteiger partial charge in [-0.3, -0.25) is 14.6 Å². The van der Waals surface area contributed by atoms with Crippen molar-refractivity contribution in [3.63, 3.8) is 0 Å². The summed E-state index contributed by atoms with van der Waals surface area (Å²) in [5, 5.41) is 6.04. The van der Waals surface area contributed by atoms with E-state index in [4.69, 9.17) is 0 Å². The molecule has 0 bridgehead atoms. The largest absolute Gasteiger partial charge is 0.354 e. The fraction of sp³-hybridized carbons (Fsp3) is 0.409.